The molecule has 6 nitrogen and oxygen atoms in total. The van der Waals surface area contributed by atoms with Crippen LogP contribution in [0.25, 0.3) is 0 Å². The van der Waals surface area contributed by atoms with Crippen molar-refractivity contribution in [1.29, 1.82) is 0 Å². The molecule has 1 amide bonds. The first-order chi connectivity index (χ1) is 14.7. The van der Waals surface area contributed by atoms with Gasteiger partial charge in [-0.05, 0) is 55.3 Å². The van der Waals surface area contributed by atoms with Gasteiger partial charge in [-0.15, -0.1) is 0 Å². The first-order valence-electron chi connectivity index (χ1n) is 9.77. The van der Waals surface area contributed by atoms with Crippen molar-refractivity contribution in [3.05, 3.63) is 59.9 Å². The van der Waals surface area contributed by atoms with Crippen LogP contribution in [0.5, 0.6) is 5.75 Å². The van der Waals surface area contributed by atoms with Crippen LogP contribution in [0.15, 0.2) is 47.4 Å². The maximum atomic E-state index is 13.4. The van der Waals surface area contributed by atoms with Crippen molar-refractivity contribution in [1.82, 2.24) is 9.21 Å². The average molecular weight is 456 g/mol. The van der Waals surface area contributed by atoms with Crippen molar-refractivity contribution in [2.75, 3.05) is 33.3 Å². The molecule has 0 atom stereocenters. The fourth-order valence-electron chi connectivity index (χ4n) is 3.38. The van der Waals surface area contributed by atoms with Gasteiger partial charge in [0.05, 0.1) is 11.4 Å². The lowest BCUT2D eigenvalue weighted by Gasteiger charge is -2.32. The van der Waals surface area contributed by atoms with Crippen LogP contribution in [0.4, 0.5) is 13.2 Å². The second-order valence-corrected chi connectivity index (χ2v) is 9.25. The second-order valence-electron chi connectivity index (χ2n) is 7.32. The number of amides is 1. The molecule has 1 fully saturated rings. The highest BCUT2D eigenvalue weighted by atomic mass is 32.2. The Labute approximate surface area is 179 Å². The highest BCUT2D eigenvalue weighted by Gasteiger charge is 2.33. The van der Waals surface area contributed by atoms with Gasteiger partial charge >= 0.3 is 0 Å². The first kappa shape index (κ1) is 23.1. The third kappa shape index (κ3) is 5.56. The first-order valence-corrected chi connectivity index (χ1v) is 11.2. The zero-order valence-electron chi connectivity index (χ0n) is 16.9. The minimum atomic E-state index is -3.96. The third-order valence-corrected chi connectivity index (χ3v) is 7.11. The number of likely N-dealkylation sites (N-methyl/N-ethyl adjacent to an activating group) is 1. The Morgan fingerprint density at radius 2 is 1.71 bits per heavy atom. The minimum absolute atomic E-state index is 0.109. The molecule has 31 heavy (non-hydrogen) atoms. The van der Waals surface area contributed by atoms with Crippen LogP contribution >= 0.6 is 0 Å². The van der Waals surface area contributed by atoms with Gasteiger partial charge in [0.15, 0.2) is 11.6 Å². The summed E-state index contributed by atoms with van der Waals surface area (Å²) in [6.07, 6.45) is 0.649. The lowest BCUT2D eigenvalue weighted by atomic mass is 9.97. The van der Waals surface area contributed by atoms with Crippen molar-refractivity contribution in [3.63, 3.8) is 0 Å². The van der Waals surface area contributed by atoms with Gasteiger partial charge in [-0.3, -0.25) is 4.79 Å². The number of rotatable bonds is 7. The number of piperidine rings is 1. The number of benzene rings is 2. The number of ether oxygens (including phenoxy) is 1. The summed E-state index contributed by atoms with van der Waals surface area (Å²) in [7, 11) is -2.32. The Morgan fingerprint density at radius 1 is 1.06 bits per heavy atom. The van der Waals surface area contributed by atoms with Gasteiger partial charge in [0.2, 0.25) is 15.9 Å². The summed E-state index contributed by atoms with van der Waals surface area (Å²) in [4.78, 5) is 13.9. The molecule has 0 spiro atoms. The minimum Gasteiger partial charge on any atom is -0.492 e. The Morgan fingerprint density at radius 3 is 2.32 bits per heavy atom. The van der Waals surface area contributed by atoms with Crippen LogP contribution in [0, 0.1) is 23.4 Å². The molecule has 1 saturated heterocycles. The zero-order valence-corrected chi connectivity index (χ0v) is 17.7. The lowest BCUT2D eigenvalue weighted by Crippen LogP contribution is -2.44. The molecular weight excluding hydrogens is 433 g/mol. The van der Waals surface area contributed by atoms with Crippen LogP contribution in [-0.4, -0.2) is 56.8 Å². The lowest BCUT2D eigenvalue weighted by molar-refractivity contribution is -0.135. The zero-order chi connectivity index (χ0) is 22.6. The summed E-state index contributed by atoms with van der Waals surface area (Å²) in [6.45, 7) is 0.774. The van der Waals surface area contributed by atoms with Gasteiger partial charge in [-0.1, -0.05) is 0 Å². The number of carbonyl (C=O) groups excluding carboxylic acids is 1. The molecule has 0 unspecified atom stereocenters. The topological polar surface area (TPSA) is 66.9 Å². The molecule has 10 heteroatoms. The van der Waals surface area contributed by atoms with Gasteiger partial charge in [-0.25, -0.2) is 21.6 Å². The molecule has 2 aromatic rings. The van der Waals surface area contributed by atoms with Gasteiger partial charge in [0.1, 0.15) is 18.2 Å². The summed E-state index contributed by atoms with van der Waals surface area (Å²) >= 11 is 0. The largest absolute Gasteiger partial charge is 0.492 e. The molecule has 168 valence electrons. The molecule has 1 aliphatic rings. The maximum Gasteiger partial charge on any atom is 0.243 e. The van der Waals surface area contributed by atoms with Crippen LogP contribution in [0.2, 0.25) is 0 Å². The standard InChI is InChI=1S/C21H23F3N2O4S/c1-25(12-13-30-17-4-2-16(22)3-5-17)21(27)15-8-10-26(11-9-15)31(28,29)18-6-7-19(23)20(24)14-18/h2-7,14-15H,8-13H2,1H3. The van der Waals surface area contributed by atoms with E-state index in [-0.39, 0.29) is 42.2 Å². The Hall–Kier alpha value is -2.59. The van der Waals surface area contributed by atoms with Crippen molar-refractivity contribution < 1.29 is 31.1 Å². The molecule has 3 rings (SSSR count). The normalized spacial score (nSPS) is 15.6. The van der Waals surface area contributed by atoms with E-state index in [1.165, 1.54) is 33.5 Å². The number of sulfonamides is 1. The quantitative estimate of drug-likeness (QED) is 0.643. The Balaban J connectivity index is 1.50. The Bertz CT molecular complexity index is 1020. The highest BCUT2D eigenvalue weighted by molar-refractivity contribution is 7.89. The number of hydrogen-bond acceptors (Lipinski definition) is 4. The molecule has 1 heterocycles. The van der Waals surface area contributed by atoms with E-state index in [4.69, 9.17) is 4.74 Å². The van der Waals surface area contributed by atoms with E-state index in [0.29, 0.717) is 31.2 Å². The summed E-state index contributed by atoms with van der Waals surface area (Å²) in [6, 6.07) is 8.04. The number of halogens is 3. The van der Waals surface area contributed by atoms with Gasteiger partial charge in [0, 0.05) is 26.1 Å². The smallest absolute Gasteiger partial charge is 0.243 e. The summed E-state index contributed by atoms with van der Waals surface area (Å²) in [5.41, 5.74) is 0. The van der Waals surface area contributed by atoms with E-state index in [2.05, 4.69) is 0 Å². The summed E-state index contributed by atoms with van der Waals surface area (Å²) in [5, 5.41) is 0. The molecule has 2 aromatic carbocycles. The molecule has 0 bridgehead atoms. The summed E-state index contributed by atoms with van der Waals surface area (Å²) < 4.78 is 71.4. The SMILES string of the molecule is CN(CCOc1ccc(F)cc1)C(=O)C1CCN(S(=O)(=O)c2ccc(F)c(F)c2)CC1. The number of hydrogen-bond donors (Lipinski definition) is 0. The predicted molar refractivity (Wildman–Crippen MR) is 107 cm³/mol. The molecule has 0 saturated carbocycles. The van der Waals surface area contributed by atoms with E-state index < -0.39 is 21.7 Å². The van der Waals surface area contributed by atoms with E-state index in [1.807, 2.05) is 0 Å². The van der Waals surface area contributed by atoms with Crippen LogP contribution < -0.4 is 4.74 Å². The maximum absolute atomic E-state index is 13.4. The molecular formula is C21H23F3N2O4S. The summed E-state index contributed by atoms with van der Waals surface area (Å²) in [5.74, 6) is -2.67. The van der Waals surface area contributed by atoms with Gasteiger partial charge in [0.25, 0.3) is 0 Å². The second kappa shape index (κ2) is 9.69. The average Bonchev–Trinajstić information content (AvgIpc) is 2.76. The van der Waals surface area contributed by atoms with E-state index in [0.717, 1.165) is 12.1 Å². The third-order valence-electron chi connectivity index (χ3n) is 5.22. The van der Waals surface area contributed by atoms with Crippen LogP contribution in [-0.2, 0) is 14.8 Å². The fourth-order valence-corrected chi connectivity index (χ4v) is 4.86. The molecule has 1 aliphatic heterocycles. The number of nitrogens with zero attached hydrogens (tertiary/aromatic N) is 2. The molecule has 0 aliphatic carbocycles. The van der Waals surface area contributed by atoms with Crippen LogP contribution in [0.3, 0.4) is 0 Å². The van der Waals surface area contributed by atoms with Crippen molar-refractivity contribution >= 4 is 15.9 Å². The molecule has 0 aromatic heterocycles. The molecule has 0 N–H and O–H groups in total. The van der Waals surface area contributed by atoms with Crippen molar-refractivity contribution in [2.24, 2.45) is 5.92 Å². The number of carbonyl (C=O) groups is 1. The highest BCUT2D eigenvalue weighted by Crippen LogP contribution is 2.25. The van der Waals surface area contributed by atoms with E-state index in [9.17, 15) is 26.4 Å². The van der Waals surface area contributed by atoms with Crippen LogP contribution in [0.1, 0.15) is 12.8 Å². The van der Waals surface area contributed by atoms with Crippen molar-refractivity contribution in [2.45, 2.75) is 17.7 Å². The fraction of sp³-hybridized carbons (Fsp3) is 0.381. The van der Waals surface area contributed by atoms with E-state index in [1.54, 1.807) is 7.05 Å². The van der Waals surface area contributed by atoms with E-state index >= 15 is 0 Å². The molecule has 0 radical (unpaired) electrons. The van der Waals surface area contributed by atoms with Gasteiger partial charge in [-0.2, -0.15) is 4.31 Å². The predicted octanol–water partition coefficient (Wildman–Crippen LogP) is 3.04. The monoisotopic (exact) mass is 456 g/mol. The van der Waals surface area contributed by atoms with Crippen molar-refractivity contribution in [3.8, 4) is 5.75 Å². The Kier molecular flexibility index (Phi) is 7.22. The van der Waals surface area contributed by atoms with Gasteiger partial charge < -0.3 is 9.64 Å².